The van der Waals surface area contributed by atoms with Gasteiger partial charge in [0, 0.05) is 12.7 Å². The van der Waals surface area contributed by atoms with Gasteiger partial charge in [-0.1, -0.05) is 0 Å². The monoisotopic (exact) mass is 244 g/mol. The summed E-state index contributed by atoms with van der Waals surface area (Å²) in [5.74, 6) is 0.205. The van der Waals surface area contributed by atoms with E-state index in [0.717, 1.165) is 0 Å². The Morgan fingerprint density at radius 2 is 2.06 bits per heavy atom. The molecule has 1 aromatic rings. The van der Waals surface area contributed by atoms with E-state index in [9.17, 15) is 13.2 Å². The molecule has 5 nitrogen and oxygen atoms in total. The molecule has 0 aliphatic heterocycles. The second-order valence-corrected chi connectivity index (χ2v) is 6.19. The van der Waals surface area contributed by atoms with Crippen LogP contribution in [0.3, 0.4) is 0 Å². The predicted octanol–water partition coefficient (Wildman–Crippen LogP) is 1.05. The minimum atomic E-state index is -3.78. The van der Waals surface area contributed by atoms with Gasteiger partial charge in [0.15, 0.2) is 0 Å². The number of hydrogen-bond acceptors (Lipinski definition) is 4. The van der Waals surface area contributed by atoms with Crippen molar-refractivity contribution in [1.29, 1.82) is 0 Å². The number of anilines is 1. The highest BCUT2D eigenvalue weighted by Crippen LogP contribution is 2.18. The molecule has 0 aromatic carbocycles. The van der Waals surface area contributed by atoms with Crippen LogP contribution in [-0.4, -0.2) is 23.4 Å². The van der Waals surface area contributed by atoms with Gasteiger partial charge in [0.05, 0.1) is 10.8 Å². The molecule has 0 aliphatic carbocycles. The van der Waals surface area contributed by atoms with Crippen molar-refractivity contribution in [2.75, 3.05) is 5.73 Å². The molecule has 0 unspecified atom stereocenters. The van der Waals surface area contributed by atoms with Crippen LogP contribution in [0.15, 0.2) is 12.3 Å². The van der Waals surface area contributed by atoms with Crippen LogP contribution in [0.1, 0.15) is 31.1 Å². The van der Waals surface area contributed by atoms with Gasteiger partial charge in [-0.25, -0.2) is 8.42 Å². The Hall–Kier alpha value is -1.30. The fourth-order valence-corrected chi connectivity index (χ4v) is 2.21. The van der Waals surface area contributed by atoms with Crippen molar-refractivity contribution in [3.8, 4) is 0 Å². The van der Waals surface area contributed by atoms with Gasteiger partial charge >= 0.3 is 0 Å². The van der Waals surface area contributed by atoms with Crippen LogP contribution in [0.25, 0.3) is 0 Å². The number of carbonyl (C=O) groups is 1. The van der Waals surface area contributed by atoms with Crippen LogP contribution in [-0.2, 0) is 16.4 Å². The Bertz CT molecular complexity index is 500. The van der Waals surface area contributed by atoms with Crippen molar-refractivity contribution in [3.63, 3.8) is 0 Å². The summed E-state index contributed by atoms with van der Waals surface area (Å²) in [4.78, 5) is 11.8. The van der Waals surface area contributed by atoms with Crippen LogP contribution in [0, 0.1) is 0 Å². The standard InChI is InChI=1S/C10H16N2O3S/c1-4-12-6-5-8(9(12)11)10(13)16(14,15)7(2)3/h5-7H,4,11H2,1-3H3. The van der Waals surface area contributed by atoms with Gasteiger partial charge in [-0.2, -0.15) is 0 Å². The number of nitrogens with zero attached hydrogens (tertiary/aromatic N) is 1. The average molecular weight is 244 g/mol. The molecule has 6 heteroatoms. The first-order valence-electron chi connectivity index (χ1n) is 5.05. The number of sulfone groups is 1. The first-order chi connectivity index (χ1) is 7.32. The molecule has 90 valence electrons. The molecular weight excluding hydrogens is 228 g/mol. The normalized spacial score (nSPS) is 12.0. The Balaban J connectivity index is 3.21. The first kappa shape index (κ1) is 12.8. The van der Waals surface area contributed by atoms with Crippen LogP contribution in [0.5, 0.6) is 0 Å². The lowest BCUT2D eigenvalue weighted by atomic mass is 10.3. The highest BCUT2D eigenvalue weighted by molar-refractivity contribution is 8.07. The lowest BCUT2D eigenvalue weighted by Crippen LogP contribution is -2.24. The van der Waals surface area contributed by atoms with Crippen molar-refractivity contribution < 1.29 is 13.2 Å². The van der Waals surface area contributed by atoms with E-state index < -0.39 is 20.2 Å². The van der Waals surface area contributed by atoms with Gasteiger partial charge < -0.3 is 10.3 Å². The van der Waals surface area contributed by atoms with E-state index in [1.165, 1.54) is 19.9 Å². The van der Waals surface area contributed by atoms with Crippen LogP contribution >= 0.6 is 0 Å². The zero-order chi connectivity index (χ0) is 12.5. The molecule has 0 radical (unpaired) electrons. The molecule has 0 atom stereocenters. The summed E-state index contributed by atoms with van der Waals surface area (Å²) in [6, 6.07) is 1.45. The SMILES string of the molecule is CCn1ccc(C(=O)S(=O)(=O)C(C)C)c1N. The molecule has 1 aromatic heterocycles. The lowest BCUT2D eigenvalue weighted by Gasteiger charge is -2.07. The maximum Gasteiger partial charge on any atom is 0.280 e. The van der Waals surface area contributed by atoms with Crippen molar-refractivity contribution in [2.24, 2.45) is 0 Å². The highest BCUT2D eigenvalue weighted by atomic mass is 32.2. The number of nitrogens with two attached hydrogens (primary N) is 1. The summed E-state index contributed by atoms with van der Waals surface area (Å²) in [5, 5.41) is -1.63. The number of rotatable bonds is 3. The molecule has 16 heavy (non-hydrogen) atoms. The molecule has 0 bridgehead atoms. The maximum atomic E-state index is 11.8. The molecule has 2 N–H and O–H groups in total. The number of hydrogen-bond donors (Lipinski definition) is 1. The third kappa shape index (κ3) is 1.97. The topological polar surface area (TPSA) is 82.2 Å². The third-order valence-electron chi connectivity index (χ3n) is 2.45. The molecule has 0 aliphatic rings. The molecule has 0 saturated heterocycles. The van der Waals surface area contributed by atoms with Gasteiger partial charge in [-0.15, -0.1) is 0 Å². The minimum absolute atomic E-state index is 0.0653. The van der Waals surface area contributed by atoms with Crippen LogP contribution in [0.2, 0.25) is 0 Å². The largest absolute Gasteiger partial charge is 0.384 e. The molecular formula is C10H16N2O3S. The van der Waals surface area contributed by atoms with E-state index in [0.29, 0.717) is 6.54 Å². The zero-order valence-electron chi connectivity index (χ0n) is 9.60. The maximum absolute atomic E-state index is 11.8. The average Bonchev–Trinajstić information content (AvgIpc) is 2.58. The first-order valence-corrected chi connectivity index (χ1v) is 6.59. The second-order valence-electron chi connectivity index (χ2n) is 3.78. The quantitative estimate of drug-likeness (QED) is 0.861. The lowest BCUT2D eigenvalue weighted by molar-refractivity contribution is 0.107. The van der Waals surface area contributed by atoms with Crippen molar-refractivity contribution in [1.82, 2.24) is 4.57 Å². The predicted molar refractivity (Wildman–Crippen MR) is 62.9 cm³/mol. The molecule has 0 fully saturated rings. The van der Waals surface area contributed by atoms with Gasteiger partial charge in [-0.05, 0) is 26.8 Å². The van der Waals surface area contributed by atoms with Gasteiger partial charge in [0.2, 0.25) is 9.84 Å². The molecule has 0 saturated carbocycles. The fraction of sp³-hybridized carbons (Fsp3) is 0.500. The van der Waals surface area contributed by atoms with E-state index in [2.05, 4.69) is 0 Å². The number of nitrogen functional groups attached to an aromatic ring is 1. The van der Waals surface area contributed by atoms with Crippen molar-refractivity contribution in [2.45, 2.75) is 32.6 Å². The molecule has 0 amide bonds. The van der Waals surface area contributed by atoms with E-state index in [4.69, 9.17) is 5.73 Å². The summed E-state index contributed by atoms with van der Waals surface area (Å²) in [7, 11) is -3.78. The van der Waals surface area contributed by atoms with E-state index in [-0.39, 0.29) is 11.4 Å². The summed E-state index contributed by atoms with van der Waals surface area (Å²) in [6.45, 7) is 5.41. The van der Waals surface area contributed by atoms with Crippen LogP contribution in [0.4, 0.5) is 5.82 Å². The molecule has 1 rings (SSSR count). The summed E-state index contributed by atoms with van der Waals surface area (Å²) < 4.78 is 25.0. The Morgan fingerprint density at radius 3 is 2.44 bits per heavy atom. The molecule has 0 spiro atoms. The number of aromatic nitrogens is 1. The van der Waals surface area contributed by atoms with Gasteiger partial charge in [0.25, 0.3) is 5.12 Å². The Labute approximate surface area is 95.2 Å². The highest BCUT2D eigenvalue weighted by Gasteiger charge is 2.29. The van der Waals surface area contributed by atoms with Crippen molar-refractivity contribution >= 4 is 20.8 Å². The Morgan fingerprint density at radius 1 is 1.50 bits per heavy atom. The van der Waals surface area contributed by atoms with E-state index in [1.807, 2.05) is 6.92 Å². The number of carbonyl (C=O) groups excluding carboxylic acids is 1. The zero-order valence-corrected chi connectivity index (χ0v) is 10.4. The van der Waals surface area contributed by atoms with E-state index >= 15 is 0 Å². The summed E-state index contributed by atoms with van der Waals surface area (Å²) >= 11 is 0. The molecule has 1 heterocycles. The van der Waals surface area contributed by atoms with Gasteiger partial charge in [-0.3, -0.25) is 4.79 Å². The third-order valence-corrected chi connectivity index (χ3v) is 4.42. The minimum Gasteiger partial charge on any atom is -0.384 e. The van der Waals surface area contributed by atoms with E-state index in [1.54, 1.807) is 10.8 Å². The van der Waals surface area contributed by atoms with Crippen molar-refractivity contribution in [3.05, 3.63) is 17.8 Å². The smallest absolute Gasteiger partial charge is 0.280 e. The fourth-order valence-electron chi connectivity index (χ4n) is 1.30. The summed E-state index contributed by atoms with van der Waals surface area (Å²) in [5.41, 5.74) is 5.75. The summed E-state index contributed by atoms with van der Waals surface area (Å²) in [6.07, 6.45) is 1.61. The van der Waals surface area contributed by atoms with Gasteiger partial charge in [0.1, 0.15) is 5.82 Å². The Kier molecular flexibility index (Phi) is 3.42. The number of aryl methyl sites for hydroxylation is 1. The van der Waals surface area contributed by atoms with Crippen LogP contribution < -0.4 is 5.73 Å². The second kappa shape index (κ2) is 4.29.